The third-order valence-corrected chi connectivity index (χ3v) is 5.98. The molecule has 2 aliphatic rings. The number of aryl methyl sites for hydroxylation is 1. The van der Waals surface area contributed by atoms with Crippen LogP contribution in [0.2, 0.25) is 0 Å². The standard InChI is InChI=1S/C22H33N3O2/c1-16(2)18-9-8-17(3)19(14-18)15-21(26)24-10-12-25(13-11-24)22(27)23-20-6-4-5-7-20/h8-9,14,16,20H,4-7,10-13,15H2,1-3H3,(H,23,27). The topological polar surface area (TPSA) is 52.7 Å². The fourth-order valence-electron chi connectivity index (χ4n) is 4.01. The number of carbonyl (C=O) groups excluding carboxylic acids is 2. The van der Waals surface area contributed by atoms with Crippen molar-refractivity contribution < 1.29 is 9.59 Å². The van der Waals surface area contributed by atoms with Crippen molar-refractivity contribution >= 4 is 11.9 Å². The van der Waals surface area contributed by atoms with Crippen molar-refractivity contribution in [3.63, 3.8) is 0 Å². The van der Waals surface area contributed by atoms with Gasteiger partial charge >= 0.3 is 6.03 Å². The van der Waals surface area contributed by atoms with E-state index in [9.17, 15) is 9.59 Å². The molecular formula is C22H33N3O2. The summed E-state index contributed by atoms with van der Waals surface area (Å²) >= 11 is 0. The van der Waals surface area contributed by atoms with Crippen molar-refractivity contribution in [1.82, 2.24) is 15.1 Å². The first-order chi connectivity index (χ1) is 12.9. The van der Waals surface area contributed by atoms with Gasteiger partial charge in [0.15, 0.2) is 0 Å². The van der Waals surface area contributed by atoms with Crippen LogP contribution in [0.4, 0.5) is 4.79 Å². The summed E-state index contributed by atoms with van der Waals surface area (Å²) in [7, 11) is 0. The maximum atomic E-state index is 12.8. The highest BCUT2D eigenvalue weighted by atomic mass is 16.2. The monoisotopic (exact) mass is 371 g/mol. The summed E-state index contributed by atoms with van der Waals surface area (Å²) in [5.41, 5.74) is 3.56. The summed E-state index contributed by atoms with van der Waals surface area (Å²) in [6, 6.07) is 6.81. The van der Waals surface area contributed by atoms with E-state index in [2.05, 4.69) is 44.3 Å². The van der Waals surface area contributed by atoms with Gasteiger partial charge in [0, 0.05) is 32.2 Å². The highest BCUT2D eigenvalue weighted by Gasteiger charge is 2.26. The molecule has 1 N–H and O–H groups in total. The van der Waals surface area contributed by atoms with Gasteiger partial charge in [-0.2, -0.15) is 0 Å². The lowest BCUT2D eigenvalue weighted by Crippen LogP contribution is -2.54. The van der Waals surface area contributed by atoms with Crippen LogP contribution in [0, 0.1) is 6.92 Å². The Balaban J connectivity index is 1.51. The lowest BCUT2D eigenvalue weighted by atomic mass is 9.96. The predicted octanol–water partition coefficient (Wildman–Crippen LogP) is 3.46. The van der Waals surface area contributed by atoms with Crippen LogP contribution in [0.25, 0.3) is 0 Å². The highest BCUT2D eigenvalue weighted by Crippen LogP contribution is 2.20. The van der Waals surface area contributed by atoms with E-state index in [-0.39, 0.29) is 11.9 Å². The third kappa shape index (κ3) is 5.02. The van der Waals surface area contributed by atoms with Gasteiger partial charge in [0.2, 0.25) is 5.91 Å². The lowest BCUT2D eigenvalue weighted by molar-refractivity contribution is -0.131. The molecule has 0 radical (unpaired) electrons. The molecule has 1 saturated heterocycles. The lowest BCUT2D eigenvalue weighted by Gasteiger charge is -2.35. The Kier molecular flexibility index (Phi) is 6.40. The zero-order valence-electron chi connectivity index (χ0n) is 17.0. The Morgan fingerprint density at radius 3 is 2.33 bits per heavy atom. The maximum Gasteiger partial charge on any atom is 0.317 e. The summed E-state index contributed by atoms with van der Waals surface area (Å²) in [6.45, 7) is 8.90. The number of rotatable bonds is 4. The Bertz CT molecular complexity index is 672. The van der Waals surface area contributed by atoms with Crippen LogP contribution >= 0.6 is 0 Å². The van der Waals surface area contributed by atoms with Gasteiger partial charge in [0.1, 0.15) is 0 Å². The zero-order valence-corrected chi connectivity index (χ0v) is 17.0. The van der Waals surface area contributed by atoms with Crippen LogP contribution in [0.15, 0.2) is 18.2 Å². The molecule has 1 aromatic carbocycles. The molecule has 5 nitrogen and oxygen atoms in total. The minimum Gasteiger partial charge on any atom is -0.339 e. The van der Waals surface area contributed by atoms with Gasteiger partial charge in [-0.1, -0.05) is 44.9 Å². The largest absolute Gasteiger partial charge is 0.339 e. The Labute approximate surface area is 163 Å². The van der Waals surface area contributed by atoms with Crippen LogP contribution in [-0.2, 0) is 11.2 Å². The molecule has 1 aliphatic heterocycles. The zero-order chi connectivity index (χ0) is 19.4. The van der Waals surface area contributed by atoms with E-state index in [0.717, 1.165) is 18.4 Å². The number of hydrogen-bond donors (Lipinski definition) is 1. The number of benzene rings is 1. The van der Waals surface area contributed by atoms with Gasteiger partial charge < -0.3 is 15.1 Å². The molecule has 0 spiro atoms. The average Bonchev–Trinajstić information content (AvgIpc) is 3.16. The number of amides is 3. The summed E-state index contributed by atoms with van der Waals surface area (Å²) in [5.74, 6) is 0.622. The first-order valence-corrected chi connectivity index (χ1v) is 10.4. The summed E-state index contributed by atoms with van der Waals surface area (Å²) in [4.78, 5) is 28.9. The average molecular weight is 372 g/mol. The molecule has 0 unspecified atom stereocenters. The number of urea groups is 1. The van der Waals surface area contributed by atoms with E-state index in [1.807, 2.05) is 9.80 Å². The van der Waals surface area contributed by atoms with E-state index in [1.54, 1.807) is 0 Å². The van der Waals surface area contributed by atoms with Gasteiger partial charge in [-0.15, -0.1) is 0 Å². The molecule has 0 bridgehead atoms. The van der Waals surface area contributed by atoms with Gasteiger partial charge in [0.05, 0.1) is 6.42 Å². The van der Waals surface area contributed by atoms with Gasteiger partial charge in [0.25, 0.3) is 0 Å². The molecule has 27 heavy (non-hydrogen) atoms. The number of carbonyl (C=O) groups is 2. The van der Waals surface area contributed by atoms with Crippen LogP contribution in [0.3, 0.4) is 0 Å². The first-order valence-electron chi connectivity index (χ1n) is 10.4. The molecule has 3 rings (SSSR count). The van der Waals surface area contributed by atoms with Crippen molar-refractivity contribution in [3.8, 4) is 0 Å². The van der Waals surface area contributed by atoms with Crippen molar-refractivity contribution in [2.24, 2.45) is 0 Å². The molecule has 1 aromatic rings. The second kappa shape index (κ2) is 8.77. The molecule has 3 amide bonds. The molecule has 0 aromatic heterocycles. The number of piperazine rings is 1. The van der Waals surface area contributed by atoms with Crippen molar-refractivity contribution in [2.45, 2.75) is 64.8 Å². The summed E-state index contributed by atoms with van der Waals surface area (Å²) < 4.78 is 0. The molecule has 148 valence electrons. The Morgan fingerprint density at radius 2 is 1.70 bits per heavy atom. The predicted molar refractivity (Wildman–Crippen MR) is 108 cm³/mol. The molecule has 5 heteroatoms. The number of nitrogens with zero attached hydrogens (tertiary/aromatic N) is 2. The third-order valence-electron chi connectivity index (χ3n) is 5.98. The van der Waals surface area contributed by atoms with Crippen LogP contribution in [0.1, 0.15) is 62.1 Å². The van der Waals surface area contributed by atoms with Crippen LogP contribution in [-0.4, -0.2) is 54.0 Å². The van der Waals surface area contributed by atoms with E-state index in [4.69, 9.17) is 0 Å². The second-order valence-electron chi connectivity index (χ2n) is 8.32. The molecule has 1 heterocycles. The normalized spacial score (nSPS) is 18.2. The second-order valence-corrected chi connectivity index (χ2v) is 8.32. The van der Waals surface area contributed by atoms with Crippen molar-refractivity contribution in [2.75, 3.05) is 26.2 Å². The fraction of sp³-hybridized carbons (Fsp3) is 0.636. The quantitative estimate of drug-likeness (QED) is 0.881. The van der Waals surface area contributed by atoms with E-state index in [1.165, 1.54) is 24.0 Å². The smallest absolute Gasteiger partial charge is 0.317 e. The molecule has 2 fully saturated rings. The SMILES string of the molecule is Cc1ccc(C(C)C)cc1CC(=O)N1CCN(C(=O)NC2CCCC2)CC1. The Morgan fingerprint density at radius 1 is 1.07 bits per heavy atom. The molecule has 0 atom stereocenters. The highest BCUT2D eigenvalue weighted by molar-refractivity contribution is 5.80. The van der Waals surface area contributed by atoms with E-state index in [0.29, 0.717) is 44.6 Å². The first kappa shape index (κ1) is 19.7. The summed E-state index contributed by atoms with van der Waals surface area (Å²) in [6.07, 6.45) is 5.06. The van der Waals surface area contributed by atoms with Crippen LogP contribution in [0.5, 0.6) is 0 Å². The Hall–Kier alpha value is -2.04. The molecule has 1 aliphatic carbocycles. The van der Waals surface area contributed by atoms with E-state index >= 15 is 0 Å². The number of nitrogens with one attached hydrogen (secondary N) is 1. The van der Waals surface area contributed by atoms with Gasteiger partial charge in [-0.3, -0.25) is 4.79 Å². The summed E-state index contributed by atoms with van der Waals surface area (Å²) in [5, 5.41) is 3.14. The maximum absolute atomic E-state index is 12.8. The number of hydrogen-bond acceptors (Lipinski definition) is 2. The fourth-order valence-corrected chi connectivity index (χ4v) is 4.01. The van der Waals surface area contributed by atoms with Crippen molar-refractivity contribution in [1.29, 1.82) is 0 Å². The van der Waals surface area contributed by atoms with Gasteiger partial charge in [-0.05, 0) is 42.4 Å². The minimum absolute atomic E-state index is 0.0366. The minimum atomic E-state index is 0.0366. The van der Waals surface area contributed by atoms with E-state index < -0.39 is 0 Å². The van der Waals surface area contributed by atoms with Gasteiger partial charge in [-0.25, -0.2) is 4.79 Å². The molecule has 1 saturated carbocycles. The van der Waals surface area contributed by atoms with Crippen molar-refractivity contribution in [3.05, 3.63) is 34.9 Å². The molecular weight excluding hydrogens is 338 g/mol. The van der Waals surface area contributed by atoms with Crippen LogP contribution < -0.4 is 5.32 Å².